The molecule has 1 aliphatic carbocycles. The summed E-state index contributed by atoms with van der Waals surface area (Å²) < 4.78 is 0. The van der Waals surface area contributed by atoms with Crippen molar-refractivity contribution in [1.82, 2.24) is 10.3 Å². The van der Waals surface area contributed by atoms with E-state index >= 15 is 0 Å². The second kappa shape index (κ2) is 7.23. The molecule has 0 bridgehead atoms. The van der Waals surface area contributed by atoms with Crippen LogP contribution in [-0.4, -0.2) is 11.5 Å². The van der Waals surface area contributed by atoms with Gasteiger partial charge in [-0.3, -0.25) is 0 Å². The van der Waals surface area contributed by atoms with E-state index < -0.39 is 0 Å². The molecule has 0 aromatic carbocycles. The van der Waals surface area contributed by atoms with Gasteiger partial charge in [0.2, 0.25) is 0 Å². The summed E-state index contributed by atoms with van der Waals surface area (Å²) in [6, 6.07) is 0. The van der Waals surface area contributed by atoms with Crippen LogP contribution in [0.25, 0.3) is 0 Å². The third kappa shape index (κ3) is 4.29. The van der Waals surface area contributed by atoms with E-state index in [4.69, 9.17) is 4.98 Å². The van der Waals surface area contributed by atoms with E-state index in [0.29, 0.717) is 11.3 Å². The largest absolute Gasteiger partial charge is 0.312 e. The summed E-state index contributed by atoms with van der Waals surface area (Å²) in [7, 11) is 0. The highest BCUT2D eigenvalue weighted by Crippen LogP contribution is 2.44. The van der Waals surface area contributed by atoms with Gasteiger partial charge in [-0.2, -0.15) is 0 Å². The molecule has 1 saturated carbocycles. The summed E-state index contributed by atoms with van der Waals surface area (Å²) in [4.78, 5) is 6.44. The Morgan fingerprint density at radius 2 is 1.81 bits per heavy atom. The summed E-state index contributed by atoms with van der Waals surface area (Å²) >= 11 is 1.97. The van der Waals surface area contributed by atoms with Gasteiger partial charge in [0.25, 0.3) is 0 Å². The average molecular weight is 309 g/mol. The van der Waals surface area contributed by atoms with Gasteiger partial charge in [-0.05, 0) is 50.0 Å². The summed E-state index contributed by atoms with van der Waals surface area (Å²) in [5.41, 5.74) is 1.80. The normalized spacial score (nSPS) is 23.5. The van der Waals surface area contributed by atoms with Crippen molar-refractivity contribution < 1.29 is 0 Å². The molecule has 0 atom stereocenters. The number of aromatic nitrogens is 1. The van der Waals surface area contributed by atoms with Crippen molar-refractivity contribution in [3.63, 3.8) is 0 Å². The van der Waals surface area contributed by atoms with Crippen molar-refractivity contribution in [3.8, 4) is 0 Å². The lowest BCUT2D eigenvalue weighted by atomic mass is 9.70. The summed E-state index contributed by atoms with van der Waals surface area (Å²) in [6.07, 6.45) is 6.47. The van der Waals surface area contributed by atoms with Crippen molar-refractivity contribution in [2.24, 2.45) is 11.3 Å². The maximum Gasteiger partial charge on any atom is 0.0962 e. The van der Waals surface area contributed by atoms with E-state index in [1.54, 1.807) is 0 Å². The van der Waals surface area contributed by atoms with Crippen molar-refractivity contribution in [1.29, 1.82) is 0 Å². The molecule has 21 heavy (non-hydrogen) atoms. The van der Waals surface area contributed by atoms with Crippen LogP contribution in [0.3, 0.4) is 0 Å². The lowest BCUT2D eigenvalue weighted by Gasteiger charge is -2.36. The molecule has 0 spiro atoms. The molecule has 1 fully saturated rings. The molecule has 2 nitrogen and oxygen atoms in total. The van der Waals surface area contributed by atoms with Gasteiger partial charge >= 0.3 is 0 Å². The lowest BCUT2D eigenvalue weighted by Crippen LogP contribution is -2.25. The van der Waals surface area contributed by atoms with E-state index in [-0.39, 0.29) is 0 Å². The van der Waals surface area contributed by atoms with Crippen LogP contribution in [0.1, 0.15) is 81.8 Å². The van der Waals surface area contributed by atoms with Crippen LogP contribution >= 0.6 is 11.3 Å². The zero-order chi connectivity index (χ0) is 15.5. The Bertz CT molecular complexity index is 437. The fraction of sp³-hybridized carbons (Fsp3) is 0.833. The molecule has 0 aliphatic heterocycles. The molecule has 0 unspecified atom stereocenters. The predicted octanol–water partition coefficient (Wildman–Crippen LogP) is 5.13. The zero-order valence-corrected chi connectivity index (χ0v) is 15.3. The lowest BCUT2D eigenvalue weighted by molar-refractivity contribution is 0.169. The minimum Gasteiger partial charge on any atom is -0.312 e. The van der Waals surface area contributed by atoms with E-state index in [1.165, 1.54) is 41.3 Å². The maximum atomic E-state index is 4.97. The van der Waals surface area contributed by atoms with Crippen LogP contribution < -0.4 is 5.32 Å². The Balaban J connectivity index is 2.01. The van der Waals surface area contributed by atoms with E-state index in [2.05, 4.69) is 39.9 Å². The molecule has 2 rings (SSSR count). The molecule has 3 heteroatoms. The van der Waals surface area contributed by atoms with Crippen LogP contribution in [0.15, 0.2) is 0 Å². The van der Waals surface area contributed by atoms with Gasteiger partial charge in [-0.1, -0.05) is 34.6 Å². The molecule has 1 N–H and O–H groups in total. The number of nitrogens with zero attached hydrogens (tertiary/aromatic N) is 1. The van der Waals surface area contributed by atoms with Gasteiger partial charge < -0.3 is 5.32 Å². The minimum atomic E-state index is 0.471. The van der Waals surface area contributed by atoms with Crippen molar-refractivity contribution in [2.75, 3.05) is 6.54 Å². The molecule has 1 aromatic rings. The summed E-state index contributed by atoms with van der Waals surface area (Å²) in [5, 5.41) is 4.86. The highest BCUT2D eigenvalue weighted by Gasteiger charge is 2.31. The van der Waals surface area contributed by atoms with E-state index in [1.807, 2.05) is 11.3 Å². The Morgan fingerprint density at radius 3 is 2.33 bits per heavy atom. The first-order valence-electron chi connectivity index (χ1n) is 8.64. The van der Waals surface area contributed by atoms with Crippen LogP contribution in [0, 0.1) is 11.3 Å². The van der Waals surface area contributed by atoms with E-state index in [0.717, 1.165) is 25.4 Å². The number of aryl methyl sites for hydroxylation is 1. The number of nitrogens with one attached hydrogen (secondary N) is 1. The zero-order valence-electron chi connectivity index (χ0n) is 14.5. The van der Waals surface area contributed by atoms with Gasteiger partial charge in [-0.25, -0.2) is 4.98 Å². The molecular weight excluding hydrogens is 276 g/mol. The van der Waals surface area contributed by atoms with Gasteiger partial charge in [0.15, 0.2) is 0 Å². The highest BCUT2D eigenvalue weighted by atomic mass is 32.1. The number of thiazole rings is 1. The molecule has 0 amide bonds. The van der Waals surface area contributed by atoms with Gasteiger partial charge in [0.05, 0.1) is 10.7 Å². The standard InChI is InChI=1S/C18H32N2S/c1-6-15-16(12-19-7-2)21-17(20-15)13-8-10-14(11-9-13)18(3,4)5/h13-14,19H,6-12H2,1-5H3. The molecule has 1 aromatic heterocycles. The molecule has 120 valence electrons. The smallest absolute Gasteiger partial charge is 0.0962 e. The number of hydrogen-bond donors (Lipinski definition) is 1. The Kier molecular flexibility index (Phi) is 5.84. The number of rotatable bonds is 5. The topological polar surface area (TPSA) is 24.9 Å². The third-order valence-corrected chi connectivity index (χ3v) is 6.23. The Labute approximate surface area is 134 Å². The minimum absolute atomic E-state index is 0.471. The van der Waals surface area contributed by atoms with Gasteiger partial charge in [-0.15, -0.1) is 11.3 Å². The van der Waals surface area contributed by atoms with Gasteiger partial charge in [0, 0.05) is 17.3 Å². The van der Waals surface area contributed by atoms with Crippen molar-refractivity contribution in [3.05, 3.63) is 15.6 Å². The highest BCUT2D eigenvalue weighted by molar-refractivity contribution is 7.11. The van der Waals surface area contributed by atoms with Crippen LogP contribution in [0.5, 0.6) is 0 Å². The third-order valence-electron chi connectivity index (χ3n) is 4.97. The van der Waals surface area contributed by atoms with Gasteiger partial charge in [0.1, 0.15) is 0 Å². The van der Waals surface area contributed by atoms with Crippen molar-refractivity contribution in [2.45, 2.75) is 79.2 Å². The Morgan fingerprint density at radius 1 is 1.14 bits per heavy atom. The second-order valence-corrected chi connectivity index (χ2v) is 8.59. The quantitative estimate of drug-likeness (QED) is 0.815. The first kappa shape index (κ1) is 17.0. The Hall–Kier alpha value is -0.410. The van der Waals surface area contributed by atoms with Crippen LogP contribution in [0.4, 0.5) is 0 Å². The first-order chi connectivity index (χ1) is 9.95. The molecule has 1 aliphatic rings. The summed E-state index contributed by atoms with van der Waals surface area (Å²) in [6.45, 7) is 13.6. The fourth-order valence-electron chi connectivity index (χ4n) is 3.44. The molecule has 0 saturated heterocycles. The fourth-order valence-corrected chi connectivity index (χ4v) is 4.73. The average Bonchev–Trinajstić information content (AvgIpc) is 2.87. The molecular formula is C18H32N2S. The van der Waals surface area contributed by atoms with Crippen molar-refractivity contribution >= 4 is 11.3 Å². The second-order valence-electron chi connectivity index (χ2n) is 7.47. The SMILES string of the molecule is CCNCc1sc(C2CCC(C(C)(C)C)CC2)nc1CC. The number of hydrogen-bond acceptors (Lipinski definition) is 3. The summed E-state index contributed by atoms with van der Waals surface area (Å²) in [5.74, 6) is 1.61. The van der Waals surface area contributed by atoms with Crippen LogP contribution in [-0.2, 0) is 13.0 Å². The molecule has 1 heterocycles. The first-order valence-corrected chi connectivity index (χ1v) is 9.46. The predicted molar refractivity (Wildman–Crippen MR) is 93.0 cm³/mol. The maximum absolute atomic E-state index is 4.97. The molecule has 0 radical (unpaired) electrons. The van der Waals surface area contributed by atoms with E-state index in [9.17, 15) is 0 Å². The van der Waals surface area contributed by atoms with Crippen LogP contribution in [0.2, 0.25) is 0 Å². The monoisotopic (exact) mass is 308 g/mol.